The van der Waals surface area contributed by atoms with Gasteiger partial charge in [-0.05, 0) is 48.6 Å². The van der Waals surface area contributed by atoms with E-state index in [4.69, 9.17) is 28.0 Å². The van der Waals surface area contributed by atoms with Gasteiger partial charge in [-0.25, -0.2) is 0 Å². The minimum absolute atomic E-state index is 0.141. The number of hydrogen-bond donors (Lipinski definition) is 9. The molecule has 2 amide bonds. The molecule has 0 bridgehead atoms. The van der Waals surface area contributed by atoms with Gasteiger partial charge < -0.3 is 38.5 Å². The van der Waals surface area contributed by atoms with Crippen molar-refractivity contribution in [3.8, 4) is 0 Å². The van der Waals surface area contributed by atoms with Gasteiger partial charge in [-0.1, -0.05) is 30.3 Å². The molecule has 0 aromatic heterocycles. The predicted molar refractivity (Wildman–Crippen MR) is 131 cm³/mol. The van der Waals surface area contributed by atoms with E-state index in [1.165, 1.54) is 0 Å². The Balaban J connectivity index is 1.99. The van der Waals surface area contributed by atoms with E-state index in [2.05, 4.69) is 21.3 Å². The van der Waals surface area contributed by atoms with Gasteiger partial charge in [0.25, 0.3) is 0 Å². The molecule has 0 heterocycles. The average Bonchev–Trinajstić information content (AvgIpc) is 2.78. The lowest BCUT2D eigenvalue weighted by molar-refractivity contribution is -0.127. The Morgan fingerprint density at radius 3 is 2.09 bits per heavy atom. The number of hydrogen-bond acceptors (Lipinski definition) is 5. The van der Waals surface area contributed by atoms with Gasteiger partial charge in [-0.2, -0.15) is 0 Å². The molecule has 2 aromatic carbocycles. The summed E-state index contributed by atoms with van der Waals surface area (Å²) in [5.74, 6) is -1.09. The maximum atomic E-state index is 13.0. The van der Waals surface area contributed by atoms with Gasteiger partial charge >= 0.3 is 0 Å². The Bertz CT molecular complexity index is 979. The molecule has 2 aromatic rings. The number of anilines is 1. The van der Waals surface area contributed by atoms with Crippen LogP contribution < -0.4 is 38.5 Å². The predicted octanol–water partition coefficient (Wildman–Crippen LogP) is 0.117. The number of fused-ring (bicyclic) bond motifs is 1. The maximum absolute atomic E-state index is 13.0. The summed E-state index contributed by atoms with van der Waals surface area (Å²) in [6.45, 7) is 0.826. The summed E-state index contributed by atoms with van der Waals surface area (Å²) in [6, 6.07) is 11.8. The monoisotopic (exact) mass is 455 g/mol. The van der Waals surface area contributed by atoms with Crippen LogP contribution in [-0.2, 0) is 9.59 Å². The van der Waals surface area contributed by atoms with Gasteiger partial charge in [0.15, 0.2) is 11.9 Å². The number of rotatable bonds is 12. The third-order valence-corrected chi connectivity index (χ3v) is 4.98. The Morgan fingerprint density at radius 2 is 1.45 bits per heavy atom. The highest BCUT2D eigenvalue weighted by Crippen LogP contribution is 2.19. The molecule has 0 aliphatic carbocycles. The molecule has 0 unspecified atom stereocenters. The van der Waals surface area contributed by atoms with E-state index in [9.17, 15) is 9.59 Å². The largest absolute Gasteiger partial charge is 0.370 e. The second kappa shape index (κ2) is 12.9. The van der Waals surface area contributed by atoms with Crippen LogP contribution >= 0.6 is 0 Å². The second-order valence-electron chi connectivity index (χ2n) is 7.68. The summed E-state index contributed by atoms with van der Waals surface area (Å²) in [6.07, 6.45) is 1.76. The minimum atomic E-state index is -0.806. The number of carbonyl (C=O) groups is 2. The highest BCUT2D eigenvalue weighted by atomic mass is 16.2. The van der Waals surface area contributed by atoms with Gasteiger partial charge in [-0.3, -0.25) is 20.4 Å². The molecule has 2 atom stereocenters. The average molecular weight is 456 g/mol. The van der Waals surface area contributed by atoms with Crippen molar-refractivity contribution in [2.24, 2.45) is 17.2 Å². The van der Waals surface area contributed by atoms with Crippen LogP contribution in [0.15, 0.2) is 42.5 Å². The molecule has 0 aliphatic rings. The molecule has 12 N–H and O–H groups in total. The summed E-state index contributed by atoms with van der Waals surface area (Å²) in [5, 5.41) is 27.4. The topological polar surface area (TPSA) is 208 Å². The molecule has 33 heavy (non-hydrogen) atoms. The number of nitrogens with one attached hydrogen (secondary N) is 6. The van der Waals surface area contributed by atoms with Crippen LogP contribution in [0.5, 0.6) is 0 Å². The molecule has 0 spiro atoms. The number of carbonyl (C=O) groups excluding carboxylic acids is 2. The first kappa shape index (κ1) is 25.4. The van der Waals surface area contributed by atoms with Crippen molar-refractivity contribution in [2.75, 3.05) is 18.4 Å². The van der Waals surface area contributed by atoms with E-state index in [0.29, 0.717) is 44.5 Å². The zero-order chi connectivity index (χ0) is 24.2. The molecule has 178 valence electrons. The molecule has 0 aliphatic heterocycles. The van der Waals surface area contributed by atoms with Crippen LogP contribution in [-0.4, -0.2) is 48.9 Å². The van der Waals surface area contributed by atoms with Gasteiger partial charge in [-0.15, -0.1) is 0 Å². The third-order valence-electron chi connectivity index (χ3n) is 4.98. The van der Waals surface area contributed by atoms with Crippen molar-refractivity contribution < 1.29 is 9.59 Å². The summed E-state index contributed by atoms with van der Waals surface area (Å²) < 4.78 is 0. The highest BCUT2D eigenvalue weighted by Gasteiger charge is 2.23. The maximum Gasteiger partial charge on any atom is 0.246 e. The van der Waals surface area contributed by atoms with Gasteiger partial charge in [0, 0.05) is 18.8 Å². The Kier molecular flexibility index (Phi) is 9.90. The highest BCUT2D eigenvalue weighted by molar-refractivity contribution is 5.99. The lowest BCUT2D eigenvalue weighted by Crippen LogP contribution is -2.50. The van der Waals surface area contributed by atoms with E-state index in [1.54, 1.807) is 0 Å². The summed E-state index contributed by atoms with van der Waals surface area (Å²) in [7, 11) is 0. The number of amides is 2. The first-order valence-corrected chi connectivity index (χ1v) is 10.8. The van der Waals surface area contributed by atoms with Crippen LogP contribution in [0.2, 0.25) is 0 Å². The van der Waals surface area contributed by atoms with E-state index in [-0.39, 0.29) is 17.8 Å². The molecule has 0 saturated heterocycles. The molecule has 11 heteroatoms. The molecule has 11 nitrogen and oxygen atoms in total. The van der Waals surface area contributed by atoms with Crippen LogP contribution in [0, 0.1) is 10.8 Å². The SMILES string of the molecule is N=C(N)NCCC[C@H](NC(=O)[C@@H](N)CCCNC(=N)N)C(=O)Nc1ccc2ccccc2c1. The van der Waals surface area contributed by atoms with Crippen LogP contribution in [0.25, 0.3) is 10.8 Å². The van der Waals surface area contributed by atoms with E-state index < -0.39 is 18.0 Å². The first-order valence-electron chi connectivity index (χ1n) is 10.8. The molecule has 0 radical (unpaired) electrons. The van der Waals surface area contributed by atoms with E-state index >= 15 is 0 Å². The molecule has 0 saturated carbocycles. The molecular weight excluding hydrogens is 422 g/mol. The Morgan fingerprint density at radius 1 is 0.848 bits per heavy atom. The Hall–Kier alpha value is -3.86. The van der Waals surface area contributed by atoms with Crippen LogP contribution in [0.4, 0.5) is 5.69 Å². The van der Waals surface area contributed by atoms with Crippen molar-refractivity contribution in [3.05, 3.63) is 42.5 Å². The van der Waals surface area contributed by atoms with E-state index in [0.717, 1.165) is 10.8 Å². The number of guanidine groups is 2. The van der Waals surface area contributed by atoms with Crippen molar-refractivity contribution in [1.29, 1.82) is 10.8 Å². The fourth-order valence-corrected chi connectivity index (χ4v) is 3.25. The second-order valence-corrected chi connectivity index (χ2v) is 7.68. The quantitative estimate of drug-likeness (QED) is 0.122. The molecule has 0 fully saturated rings. The summed E-state index contributed by atoms with van der Waals surface area (Å²) in [4.78, 5) is 25.5. The lowest BCUT2D eigenvalue weighted by atomic mass is 10.1. The summed E-state index contributed by atoms with van der Waals surface area (Å²) >= 11 is 0. The normalized spacial score (nSPS) is 12.4. The third kappa shape index (κ3) is 9.03. The fraction of sp³-hybridized carbons (Fsp3) is 0.364. The van der Waals surface area contributed by atoms with E-state index in [1.807, 2.05) is 42.5 Å². The van der Waals surface area contributed by atoms with Crippen molar-refractivity contribution >= 4 is 40.2 Å². The number of nitrogens with two attached hydrogens (primary N) is 3. The van der Waals surface area contributed by atoms with Gasteiger partial charge in [0.2, 0.25) is 11.8 Å². The molecule has 2 rings (SSSR count). The lowest BCUT2D eigenvalue weighted by Gasteiger charge is -2.21. The number of benzene rings is 2. The first-order chi connectivity index (χ1) is 15.8. The minimum Gasteiger partial charge on any atom is -0.370 e. The van der Waals surface area contributed by atoms with Crippen molar-refractivity contribution in [3.63, 3.8) is 0 Å². The van der Waals surface area contributed by atoms with Gasteiger partial charge in [0.05, 0.1) is 6.04 Å². The van der Waals surface area contributed by atoms with Crippen LogP contribution in [0.1, 0.15) is 25.7 Å². The standard InChI is InChI=1S/C22H33N9O2/c23-17(7-3-11-28-21(24)25)19(32)31-18(8-4-12-29-22(26)27)20(33)30-16-10-9-14-5-1-2-6-15(14)13-16/h1-2,5-6,9-10,13,17-18H,3-4,7-8,11-12,23H2,(H,30,33)(H,31,32)(H4,24,25,28)(H4,26,27,29)/t17-,18-/m0/s1. The zero-order valence-corrected chi connectivity index (χ0v) is 18.5. The fourth-order valence-electron chi connectivity index (χ4n) is 3.25. The Labute approximate surface area is 192 Å². The van der Waals surface area contributed by atoms with Crippen molar-refractivity contribution in [2.45, 2.75) is 37.8 Å². The molecular formula is C22H33N9O2. The van der Waals surface area contributed by atoms with Crippen molar-refractivity contribution in [1.82, 2.24) is 16.0 Å². The van der Waals surface area contributed by atoms with Gasteiger partial charge in [0.1, 0.15) is 6.04 Å². The summed E-state index contributed by atoms with van der Waals surface area (Å²) in [5.41, 5.74) is 17.1. The zero-order valence-electron chi connectivity index (χ0n) is 18.5. The smallest absolute Gasteiger partial charge is 0.246 e. The van der Waals surface area contributed by atoms with Crippen LogP contribution in [0.3, 0.4) is 0 Å².